The Kier molecular flexibility index (Phi) is 5.90. The highest BCUT2D eigenvalue weighted by Crippen LogP contribution is 2.53. The van der Waals surface area contributed by atoms with Gasteiger partial charge in [0.1, 0.15) is 6.26 Å². The van der Waals surface area contributed by atoms with E-state index in [0.717, 1.165) is 0 Å². The second-order valence-electron chi connectivity index (χ2n) is 4.31. The van der Waals surface area contributed by atoms with E-state index in [-0.39, 0.29) is 0 Å². The number of hydrogen-bond donors (Lipinski definition) is 1. The molecule has 0 aliphatic carbocycles. The molecule has 16 heteroatoms. The fourth-order valence-corrected chi connectivity index (χ4v) is 1.05. The van der Waals surface area contributed by atoms with Gasteiger partial charge in [-0.05, 0) is 0 Å². The molecular weight excluding hydrogens is 418 g/mol. The molecule has 0 aliphatic rings. The van der Waals surface area contributed by atoms with E-state index < -0.39 is 53.8 Å². The Morgan fingerprint density at radius 1 is 0.654 bits per heavy atom. The molecular formula is C10H4F14O2. The summed E-state index contributed by atoms with van der Waals surface area (Å²) in [6, 6.07) is 0. The predicted molar refractivity (Wildman–Crippen MR) is 52.8 cm³/mol. The van der Waals surface area contributed by atoms with Gasteiger partial charge >= 0.3 is 36.0 Å². The maximum absolute atomic E-state index is 13.1. The van der Waals surface area contributed by atoms with E-state index in [2.05, 4.69) is 4.74 Å². The Labute approximate surface area is 133 Å². The Morgan fingerprint density at radius 3 is 1.23 bits per heavy atom. The van der Waals surface area contributed by atoms with Crippen LogP contribution in [0.4, 0.5) is 61.5 Å². The van der Waals surface area contributed by atoms with Crippen molar-refractivity contribution in [2.45, 2.75) is 36.0 Å². The lowest BCUT2D eigenvalue weighted by molar-refractivity contribution is -0.357. The summed E-state index contributed by atoms with van der Waals surface area (Å²) in [5.41, 5.74) is 0. The topological polar surface area (TPSA) is 29.5 Å². The average molecular weight is 422 g/mol. The van der Waals surface area contributed by atoms with Crippen LogP contribution in [-0.2, 0) is 4.74 Å². The van der Waals surface area contributed by atoms with E-state index in [1.54, 1.807) is 6.58 Å². The van der Waals surface area contributed by atoms with Gasteiger partial charge in [0, 0.05) is 0 Å². The van der Waals surface area contributed by atoms with E-state index >= 15 is 0 Å². The summed E-state index contributed by atoms with van der Waals surface area (Å²) in [5, 5.41) is 8.20. The van der Waals surface area contributed by atoms with Crippen molar-refractivity contribution in [3.05, 3.63) is 24.4 Å². The number of halogens is 14. The first kappa shape index (κ1) is 24.1. The highest BCUT2D eigenvalue weighted by atomic mass is 19.4. The van der Waals surface area contributed by atoms with Crippen LogP contribution < -0.4 is 0 Å². The van der Waals surface area contributed by atoms with Gasteiger partial charge in [-0.3, -0.25) is 0 Å². The number of hydrogen-bond acceptors (Lipinski definition) is 2. The van der Waals surface area contributed by atoms with Crippen LogP contribution in [0.3, 0.4) is 0 Å². The minimum Gasteiger partial charge on any atom is -0.512 e. The maximum atomic E-state index is 13.1. The number of ether oxygens (including phenoxy) is 1. The second kappa shape index (κ2) is 6.37. The van der Waals surface area contributed by atoms with Gasteiger partial charge in [-0.1, -0.05) is 6.58 Å². The molecule has 2 nitrogen and oxygen atoms in total. The lowest BCUT2D eigenvalue weighted by Gasteiger charge is -2.32. The fourth-order valence-electron chi connectivity index (χ4n) is 1.05. The van der Waals surface area contributed by atoms with Crippen LogP contribution in [0.15, 0.2) is 24.4 Å². The molecule has 0 atom stereocenters. The Hall–Kier alpha value is -1.90. The molecule has 0 saturated carbocycles. The zero-order valence-electron chi connectivity index (χ0n) is 11.4. The van der Waals surface area contributed by atoms with Gasteiger partial charge in [0.25, 0.3) is 0 Å². The third-order valence-corrected chi connectivity index (χ3v) is 2.51. The molecule has 0 aliphatic heterocycles. The van der Waals surface area contributed by atoms with Gasteiger partial charge in [0.15, 0.2) is 5.76 Å². The van der Waals surface area contributed by atoms with Crippen LogP contribution in [0.2, 0.25) is 0 Å². The van der Waals surface area contributed by atoms with Gasteiger partial charge < -0.3 is 9.84 Å². The van der Waals surface area contributed by atoms with Crippen molar-refractivity contribution < 1.29 is 71.3 Å². The normalized spacial score (nSPS) is 15.8. The van der Waals surface area contributed by atoms with Crippen LogP contribution in [0.1, 0.15) is 0 Å². The average Bonchev–Trinajstić information content (AvgIpc) is 2.40. The van der Waals surface area contributed by atoms with Crippen molar-refractivity contribution in [3.63, 3.8) is 0 Å². The standard InChI is InChI=1S/C10H4F14O2/c1-3(5(11,12)7(15,16)9(19,20)21)26-4(2-25)6(13,14)8(17,18)10(22,23)24/h2,25H,1H2. The minimum atomic E-state index is -7.10. The van der Waals surface area contributed by atoms with Gasteiger partial charge in [-0.15, -0.1) is 0 Å². The first-order valence-electron chi connectivity index (χ1n) is 5.45. The van der Waals surface area contributed by atoms with E-state index in [0.29, 0.717) is 0 Å². The highest BCUT2D eigenvalue weighted by molar-refractivity contribution is 5.18. The van der Waals surface area contributed by atoms with Gasteiger partial charge in [-0.25, -0.2) is 0 Å². The molecule has 0 bridgehead atoms. The van der Waals surface area contributed by atoms with Crippen molar-refractivity contribution in [3.8, 4) is 0 Å². The Morgan fingerprint density at radius 2 is 0.962 bits per heavy atom. The van der Waals surface area contributed by atoms with Gasteiger partial charge in [-0.2, -0.15) is 61.5 Å². The van der Waals surface area contributed by atoms with Crippen molar-refractivity contribution in [2.75, 3.05) is 0 Å². The van der Waals surface area contributed by atoms with E-state index in [9.17, 15) is 61.5 Å². The molecule has 0 aromatic rings. The molecule has 0 radical (unpaired) electrons. The van der Waals surface area contributed by atoms with Crippen molar-refractivity contribution >= 4 is 0 Å². The van der Waals surface area contributed by atoms with Crippen LogP contribution in [-0.4, -0.2) is 41.1 Å². The summed E-state index contributed by atoms with van der Waals surface area (Å²) in [4.78, 5) is 0. The van der Waals surface area contributed by atoms with Crippen molar-refractivity contribution in [2.24, 2.45) is 0 Å². The SMILES string of the molecule is C=C(OC(=CO)C(F)(F)C(F)(F)C(F)(F)F)C(F)(F)C(F)(F)C(F)(F)F. The minimum absolute atomic E-state index is 1.47. The van der Waals surface area contributed by atoms with Crippen molar-refractivity contribution in [1.29, 1.82) is 0 Å². The molecule has 0 amide bonds. The number of rotatable bonds is 6. The molecule has 0 aromatic carbocycles. The van der Waals surface area contributed by atoms with E-state index in [1.165, 1.54) is 0 Å². The highest BCUT2D eigenvalue weighted by Gasteiger charge is 2.77. The predicted octanol–water partition coefficient (Wildman–Crippen LogP) is 5.58. The molecule has 0 spiro atoms. The number of allylic oxidation sites excluding steroid dienone is 2. The largest absolute Gasteiger partial charge is 0.512 e. The molecule has 0 saturated heterocycles. The van der Waals surface area contributed by atoms with E-state index in [4.69, 9.17) is 5.11 Å². The number of aliphatic hydroxyl groups is 1. The molecule has 1 N–H and O–H groups in total. The lowest BCUT2D eigenvalue weighted by Crippen LogP contribution is -2.55. The third-order valence-electron chi connectivity index (χ3n) is 2.51. The molecule has 0 fully saturated rings. The molecule has 154 valence electrons. The molecule has 0 rings (SSSR count). The lowest BCUT2D eigenvalue weighted by atomic mass is 10.1. The van der Waals surface area contributed by atoms with Crippen molar-refractivity contribution in [1.82, 2.24) is 0 Å². The second-order valence-corrected chi connectivity index (χ2v) is 4.31. The summed E-state index contributed by atoms with van der Waals surface area (Å²) in [7, 11) is 0. The monoisotopic (exact) mass is 422 g/mol. The van der Waals surface area contributed by atoms with E-state index in [1.807, 2.05) is 0 Å². The molecule has 0 unspecified atom stereocenters. The van der Waals surface area contributed by atoms with Gasteiger partial charge in [0.05, 0.1) is 0 Å². The number of aliphatic hydroxyl groups excluding tert-OH is 1. The Balaban J connectivity index is 5.93. The third kappa shape index (κ3) is 3.62. The summed E-state index contributed by atoms with van der Waals surface area (Å²) < 4.78 is 177. The molecule has 26 heavy (non-hydrogen) atoms. The fraction of sp³-hybridized carbons (Fsp3) is 0.600. The zero-order chi connectivity index (χ0) is 21.6. The summed E-state index contributed by atoms with van der Waals surface area (Å²) >= 11 is 0. The first-order chi connectivity index (χ1) is 11.1. The summed E-state index contributed by atoms with van der Waals surface area (Å²) in [5.74, 6) is -34.1. The Bertz CT molecular complexity index is 567. The summed E-state index contributed by atoms with van der Waals surface area (Å²) in [6.07, 6.45) is -15.6. The van der Waals surface area contributed by atoms with Crippen LogP contribution in [0.5, 0.6) is 0 Å². The molecule has 0 heterocycles. The quantitative estimate of drug-likeness (QED) is 0.448. The molecule has 0 aromatic heterocycles. The number of alkyl halides is 14. The van der Waals surface area contributed by atoms with Gasteiger partial charge in [0.2, 0.25) is 5.76 Å². The van der Waals surface area contributed by atoms with Crippen LogP contribution in [0.25, 0.3) is 0 Å². The van der Waals surface area contributed by atoms with Crippen LogP contribution >= 0.6 is 0 Å². The zero-order valence-corrected chi connectivity index (χ0v) is 11.4. The maximum Gasteiger partial charge on any atom is 0.460 e. The first-order valence-corrected chi connectivity index (χ1v) is 5.45. The van der Waals surface area contributed by atoms with Crippen LogP contribution in [0, 0.1) is 0 Å². The smallest absolute Gasteiger partial charge is 0.460 e. The summed E-state index contributed by atoms with van der Waals surface area (Å²) in [6.45, 7) is 1.69.